The molecule has 0 atom stereocenters. The molecule has 0 radical (unpaired) electrons. The van der Waals surface area contributed by atoms with Crippen LogP contribution in [0.4, 0.5) is 0 Å². The number of fused-ring (bicyclic) bond motifs is 3. The van der Waals surface area contributed by atoms with Gasteiger partial charge < -0.3 is 23.4 Å². The monoisotopic (exact) mass is 456 g/mol. The zero-order valence-corrected chi connectivity index (χ0v) is 18.9. The Hall–Kier alpha value is -3.55. The van der Waals surface area contributed by atoms with E-state index in [1.165, 1.54) is 6.07 Å². The first-order valence-corrected chi connectivity index (χ1v) is 11.1. The summed E-state index contributed by atoms with van der Waals surface area (Å²) < 4.78 is 27.0. The van der Waals surface area contributed by atoms with Crippen molar-refractivity contribution in [1.82, 2.24) is 0 Å². The minimum atomic E-state index is -0.515. The summed E-state index contributed by atoms with van der Waals surface area (Å²) in [6.45, 7) is 4.01. The predicted octanol–water partition coefficient (Wildman–Crippen LogP) is 4.39. The third-order valence-electron chi connectivity index (χ3n) is 4.88. The first-order valence-electron chi connectivity index (χ1n) is 11.1. The summed E-state index contributed by atoms with van der Waals surface area (Å²) in [6.07, 6.45) is 3.35. The molecule has 0 bridgehead atoms. The smallest absolute Gasteiger partial charge is 0.344 e. The van der Waals surface area contributed by atoms with Gasteiger partial charge in [-0.15, -0.1) is 0 Å². The van der Waals surface area contributed by atoms with Crippen molar-refractivity contribution in [1.29, 1.82) is 0 Å². The highest BCUT2D eigenvalue weighted by Gasteiger charge is 2.16. The van der Waals surface area contributed by atoms with Crippen molar-refractivity contribution in [3.63, 3.8) is 0 Å². The highest BCUT2D eigenvalue weighted by molar-refractivity contribution is 6.08. The van der Waals surface area contributed by atoms with Gasteiger partial charge in [0.2, 0.25) is 0 Å². The lowest BCUT2D eigenvalue weighted by molar-refractivity contribution is -0.146. The molecular weight excluding hydrogens is 428 g/mol. The predicted molar refractivity (Wildman–Crippen MR) is 123 cm³/mol. The van der Waals surface area contributed by atoms with Crippen LogP contribution in [0.5, 0.6) is 11.5 Å². The van der Waals surface area contributed by atoms with Gasteiger partial charge in [0.05, 0.1) is 24.0 Å². The zero-order chi connectivity index (χ0) is 23.6. The van der Waals surface area contributed by atoms with Gasteiger partial charge in [0.1, 0.15) is 17.1 Å². The van der Waals surface area contributed by atoms with Crippen molar-refractivity contribution in [3.05, 3.63) is 46.8 Å². The maximum Gasteiger partial charge on any atom is 0.344 e. The van der Waals surface area contributed by atoms with E-state index < -0.39 is 17.6 Å². The first-order chi connectivity index (χ1) is 16.0. The Balaban J connectivity index is 1.89. The molecule has 0 aliphatic rings. The van der Waals surface area contributed by atoms with Crippen LogP contribution in [0, 0.1) is 0 Å². The van der Waals surface area contributed by atoms with E-state index in [2.05, 4.69) is 0 Å². The third-order valence-corrected chi connectivity index (χ3v) is 4.88. The number of carbonyl (C=O) groups is 2. The molecule has 3 rings (SSSR count). The fourth-order valence-corrected chi connectivity index (χ4v) is 3.17. The Morgan fingerprint density at radius 1 is 0.848 bits per heavy atom. The number of esters is 2. The zero-order valence-electron chi connectivity index (χ0n) is 18.9. The molecule has 0 spiro atoms. The molecule has 3 aromatic rings. The molecule has 33 heavy (non-hydrogen) atoms. The van der Waals surface area contributed by atoms with Gasteiger partial charge in [0.25, 0.3) is 0 Å². The number of benzene rings is 2. The van der Waals surface area contributed by atoms with Crippen LogP contribution in [-0.2, 0) is 19.1 Å². The summed E-state index contributed by atoms with van der Waals surface area (Å²) in [6, 6.07) is 10.0. The van der Waals surface area contributed by atoms with Crippen LogP contribution in [-0.4, -0.2) is 38.4 Å². The third kappa shape index (κ3) is 6.47. The second-order valence-corrected chi connectivity index (χ2v) is 7.46. The van der Waals surface area contributed by atoms with Crippen LogP contribution in [0.3, 0.4) is 0 Å². The summed E-state index contributed by atoms with van der Waals surface area (Å²) in [4.78, 5) is 36.4. The molecule has 8 nitrogen and oxygen atoms in total. The Labute approximate surface area is 191 Å². The SMILES string of the molecule is CCCCOC(=O)COc1cc(OCC(=O)OCCCC)c2c(c1)oc(=O)c1ccccc12. The fraction of sp³-hybridized carbons (Fsp3) is 0.400. The number of rotatable bonds is 12. The highest BCUT2D eigenvalue weighted by atomic mass is 16.6. The summed E-state index contributed by atoms with van der Waals surface area (Å²) in [5.41, 5.74) is -0.302. The van der Waals surface area contributed by atoms with E-state index in [0.717, 1.165) is 25.7 Å². The molecule has 2 aromatic carbocycles. The molecule has 0 aliphatic heterocycles. The quantitative estimate of drug-likeness (QED) is 0.171. The molecule has 0 amide bonds. The van der Waals surface area contributed by atoms with Gasteiger partial charge in [-0.25, -0.2) is 14.4 Å². The van der Waals surface area contributed by atoms with Crippen LogP contribution >= 0.6 is 0 Å². The average Bonchev–Trinajstić information content (AvgIpc) is 2.81. The number of ether oxygens (including phenoxy) is 4. The van der Waals surface area contributed by atoms with Crippen LogP contribution < -0.4 is 15.1 Å². The summed E-state index contributed by atoms with van der Waals surface area (Å²) in [7, 11) is 0. The van der Waals surface area contributed by atoms with E-state index in [0.29, 0.717) is 29.4 Å². The van der Waals surface area contributed by atoms with E-state index in [-0.39, 0.29) is 30.3 Å². The summed E-state index contributed by atoms with van der Waals surface area (Å²) in [5, 5.41) is 1.52. The lowest BCUT2D eigenvalue weighted by Gasteiger charge is -2.13. The summed E-state index contributed by atoms with van der Waals surface area (Å²) in [5.74, 6) is -0.508. The van der Waals surface area contributed by atoms with Crippen molar-refractivity contribution in [2.24, 2.45) is 0 Å². The van der Waals surface area contributed by atoms with Gasteiger partial charge >= 0.3 is 17.6 Å². The van der Waals surface area contributed by atoms with E-state index in [1.54, 1.807) is 30.3 Å². The Kier molecular flexibility index (Phi) is 8.69. The van der Waals surface area contributed by atoms with Gasteiger partial charge in [0.15, 0.2) is 13.2 Å². The molecule has 0 fully saturated rings. The van der Waals surface area contributed by atoms with Gasteiger partial charge in [-0.05, 0) is 18.9 Å². The number of hydrogen-bond donors (Lipinski definition) is 0. The fourth-order valence-electron chi connectivity index (χ4n) is 3.17. The second kappa shape index (κ2) is 11.9. The number of carbonyl (C=O) groups excluding carboxylic acids is 2. The molecule has 0 unspecified atom stereocenters. The van der Waals surface area contributed by atoms with E-state index in [9.17, 15) is 14.4 Å². The molecule has 1 heterocycles. The topological polar surface area (TPSA) is 101 Å². The molecule has 0 aliphatic carbocycles. The Bertz CT molecular complexity index is 1160. The van der Waals surface area contributed by atoms with Crippen LogP contribution in [0.15, 0.2) is 45.6 Å². The number of unbranched alkanes of at least 4 members (excludes halogenated alkanes) is 2. The lowest BCUT2D eigenvalue weighted by Crippen LogP contribution is -2.17. The maximum absolute atomic E-state index is 12.4. The molecule has 0 saturated carbocycles. The minimum Gasteiger partial charge on any atom is -0.482 e. The van der Waals surface area contributed by atoms with Gasteiger partial charge in [-0.3, -0.25) is 0 Å². The van der Waals surface area contributed by atoms with Crippen molar-refractivity contribution in [2.75, 3.05) is 26.4 Å². The second-order valence-electron chi connectivity index (χ2n) is 7.46. The van der Waals surface area contributed by atoms with E-state index in [4.69, 9.17) is 23.4 Å². The van der Waals surface area contributed by atoms with Crippen molar-refractivity contribution < 1.29 is 33.0 Å². The van der Waals surface area contributed by atoms with Gasteiger partial charge in [0, 0.05) is 17.5 Å². The van der Waals surface area contributed by atoms with Crippen LogP contribution in [0.25, 0.3) is 21.7 Å². The minimum absolute atomic E-state index is 0.213. The van der Waals surface area contributed by atoms with Crippen LogP contribution in [0.2, 0.25) is 0 Å². The molecule has 0 saturated heterocycles. The highest BCUT2D eigenvalue weighted by Crippen LogP contribution is 2.35. The molecule has 8 heteroatoms. The summed E-state index contributed by atoms with van der Waals surface area (Å²) >= 11 is 0. The Morgan fingerprint density at radius 3 is 2.09 bits per heavy atom. The standard InChI is InChI=1S/C25H28O8/c1-3-5-11-29-22(26)15-31-17-13-20(32-16-23(27)30-12-6-4-2)24-18-9-7-8-10-19(18)25(28)33-21(24)14-17/h7-10,13-14H,3-6,11-12,15-16H2,1-2H3. The molecule has 0 N–H and O–H groups in total. The van der Waals surface area contributed by atoms with Gasteiger partial charge in [-0.2, -0.15) is 0 Å². The van der Waals surface area contributed by atoms with Gasteiger partial charge in [-0.1, -0.05) is 44.9 Å². The van der Waals surface area contributed by atoms with Crippen molar-refractivity contribution in [3.8, 4) is 11.5 Å². The maximum atomic E-state index is 12.4. The van der Waals surface area contributed by atoms with Crippen LogP contribution in [0.1, 0.15) is 39.5 Å². The molecule has 1 aromatic heterocycles. The van der Waals surface area contributed by atoms with E-state index >= 15 is 0 Å². The molecule has 176 valence electrons. The van der Waals surface area contributed by atoms with E-state index in [1.807, 2.05) is 13.8 Å². The number of hydrogen-bond acceptors (Lipinski definition) is 8. The largest absolute Gasteiger partial charge is 0.482 e. The normalized spacial score (nSPS) is 10.8. The average molecular weight is 456 g/mol. The Morgan fingerprint density at radius 2 is 1.45 bits per heavy atom. The first kappa shape index (κ1) is 24.1. The van der Waals surface area contributed by atoms with Crippen molar-refractivity contribution >= 4 is 33.7 Å². The van der Waals surface area contributed by atoms with Crippen molar-refractivity contribution in [2.45, 2.75) is 39.5 Å². The lowest BCUT2D eigenvalue weighted by atomic mass is 10.1. The molecular formula is C25H28O8.